The van der Waals surface area contributed by atoms with Crippen molar-refractivity contribution < 1.29 is 0 Å². The maximum atomic E-state index is 5.99. The molecule has 2 rings (SSSR count). The van der Waals surface area contributed by atoms with E-state index in [9.17, 15) is 0 Å². The second-order valence-electron chi connectivity index (χ2n) is 4.72. The molecular weight excluding hydrogens is 319 g/mol. The van der Waals surface area contributed by atoms with Crippen molar-refractivity contribution in [1.29, 1.82) is 0 Å². The summed E-state index contributed by atoms with van der Waals surface area (Å²) < 4.78 is 0. The molecule has 1 aliphatic carbocycles. The molecular formula is C13H16Cl2N2S2. The van der Waals surface area contributed by atoms with Gasteiger partial charge in [-0.05, 0) is 37.2 Å². The molecule has 1 aliphatic rings. The number of hydrogen-bond acceptors (Lipinski definition) is 2. The van der Waals surface area contributed by atoms with Crippen molar-refractivity contribution in [3.63, 3.8) is 0 Å². The van der Waals surface area contributed by atoms with Crippen LogP contribution in [0.3, 0.4) is 0 Å². The zero-order valence-corrected chi connectivity index (χ0v) is 13.6. The van der Waals surface area contributed by atoms with Crippen LogP contribution in [0, 0.1) is 0 Å². The van der Waals surface area contributed by atoms with Crippen molar-refractivity contribution in [2.75, 3.05) is 5.32 Å². The Balaban J connectivity index is 1.96. The Hall–Kier alpha value is -0.160. The maximum absolute atomic E-state index is 5.99. The summed E-state index contributed by atoms with van der Waals surface area (Å²) in [6, 6.07) is 3.92. The second-order valence-corrected chi connectivity index (χ2v) is 6.42. The SMILES string of the molecule is S=C(Nc1cc(Cl)c(Cl)cc1S)NC1CCCCC1. The molecule has 0 unspecified atom stereocenters. The number of nitrogens with one attached hydrogen (secondary N) is 2. The van der Waals surface area contributed by atoms with Gasteiger partial charge in [0.05, 0.1) is 15.7 Å². The van der Waals surface area contributed by atoms with Crippen LogP contribution in [0.4, 0.5) is 5.69 Å². The molecule has 0 atom stereocenters. The molecule has 0 saturated heterocycles. The van der Waals surface area contributed by atoms with Crippen LogP contribution in [0.5, 0.6) is 0 Å². The van der Waals surface area contributed by atoms with Crippen LogP contribution in [0.1, 0.15) is 32.1 Å². The topological polar surface area (TPSA) is 24.1 Å². The van der Waals surface area contributed by atoms with E-state index in [1.54, 1.807) is 12.1 Å². The lowest BCUT2D eigenvalue weighted by atomic mass is 9.96. The Morgan fingerprint density at radius 2 is 1.79 bits per heavy atom. The number of rotatable bonds is 2. The van der Waals surface area contributed by atoms with Crippen molar-refractivity contribution in [3.8, 4) is 0 Å². The molecule has 2 nitrogen and oxygen atoms in total. The summed E-state index contributed by atoms with van der Waals surface area (Å²) in [5.74, 6) is 0. The molecule has 1 saturated carbocycles. The predicted molar refractivity (Wildman–Crippen MR) is 89.9 cm³/mol. The standard InChI is InChI=1S/C13H16Cl2N2S2/c14-9-6-11(12(18)7-10(9)15)17-13(19)16-8-4-2-1-3-5-8/h6-8,18H,1-5H2,(H2,16,17,19). The van der Waals surface area contributed by atoms with Crippen LogP contribution >= 0.6 is 48.0 Å². The van der Waals surface area contributed by atoms with Crippen molar-refractivity contribution in [2.24, 2.45) is 0 Å². The van der Waals surface area contributed by atoms with Crippen molar-refractivity contribution in [3.05, 3.63) is 22.2 Å². The second kappa shape index (κ2) is 7.02. The minimum Gasteiger partial charge on any atom is -0.360 e. The van der Waals surface area contributed by atoms with Crippen LogP contribution in [0.2, 0.25) is 10.0 Å². The third-order valence-corrected chi connectivity index (χ3v) is 4.54. The molecule has 0 heterocycles. The van der Waals surface area contributed by atoms with Crippen LogP contribution in [0.25, 0.3) is 0 Å². The van der Waals surface area contributed by atoms with Gasteiger partial charge in [0.15, 0.2) is 5.11 Å². The lowest BCUT2D eigenvalue weighted by Crippen LogP contribution is -2.38. The fourth-order valence-corrected chi connectivity index (χ4v) is 3.16. The van der Waals surface area contributed by atoms with E-state index in [0.717, 1.165) is 10.6 Å². The average Bonchev–Trinajstić information content (AvgIpc) is 2.37. The first kappa shape index (κ1) is 15.2. The molecule has 1 fully saturated rings. The predicted octanol–water partition coefficient (Wildman–Crippen LogP) is 4.90. The average molecular weight is 335 g/mol. The number of halogens is 2. The molecule has 0 aliphatic heterocycles. The van der Waals surface area contributed by atoms with E-state index in [1.807, 2.05) is 0 Å². The van der Waals surface area contributed by atoms with E-state index < -0.39 is 0 Å². The molecule has 0 amide bonds. The molecule has 19 heavy (non-hydrogen) atoms. The van der Waals surface area contributed by atoms with Gasteiger partial charge in [-0.1, -0.05) is 42.5 Å². The van der Waals surface area contributed by atoms with Crippen molar-refractivity contribution in [1.82, 2.24) is 5.32 Å². The minimum absolute atomic E-state index is 0.472. The molecule has 0 aromatic heterocycles. The molecule has 104 valence electrons. The van der Waals surface area contributed by atoms with E-state index in [2.05, 4.69) is 23.3 Å². The maximum Gasteiger partial charge on any atom is 0.171 e. The van der Waals surface area contributed by atoms with E-state index in [4.69, 9.17) is 35.4 Å². The lowest BCUT2D eigenvalue weighted by Gasteiger charge is -2.24. The highest BCUT2D eigenvalue weighted by Gasteiger charge is 2.14. The highest BCUT2D eigenvalue weighted by molar-refractivity contribution is 7.81. The zero-order chi connectivity index (χ0) is 13.8. The molecule has 2 N–H and O–H groups in total. The highest BCUT2D eigenvalue weighted by Crippen LogP contribution is 2.31. The minimum atomic E-state index is 0.472. The summed E-state index contributed by atoms with van der Waals surface area (Å²) in [5.41, 5.74) is 0.769. The molecule has 0 bridgehead atoms. The van der Waals surface area contributed by atoms with E-state index in [0.29, 0.717) is 21.2 Å². The summed E-state index contributed by atoms with van der Waals surface area (Å²) in [6.45, 7) is 0. The van der Waals surface area contributed by atoms with Crippen LogP contribution in [-0.4, -0.2) is 11.2 Å². The number of hydrogen-bond donors (Lipinski definition) is 3. The Labute approximate surface area is 134 Å². The van der Waals surface area contributed by atoms with Gasteiger partial charge in [0.1, 0.15) is 0 Å². The first-order valence-corrected chi connectivity index (χ1v) is 7.93. The van der Waals surface area contributed by atoms with Crippen molar-refractivity contribution in [2.45, 2.75) is 43.0 Å². The van der Waals surface area contributed by atoms with Crippen molar-refractivity contribution >= 4 is 58.8 Å². The first-order chi connectivity index (χ1) is 9.06. The van der Waals surface area contributed by atoms with Gasteiger partial charge in [0, 0.05) is 10.9 Å². The van der Waals surface area contributed by atoms with Gasteiger partial charge < -0.3 is 10.6 Å². The van der Waals surface area contributed by atoms with Gasteiger partial charge in [-0.3, -0.25) is 0 Å². The Bertz CT molecular complexity index is 474. The monoisotopic (exact) mass is 334 g/mol. The van der Waals surface area contributed by atoms with E-state index in [-0.39, 0.29) is 0 Å². The Morgan fingerprint density at radius 1 is 1.16 bits per heavy atom. The third kappa shape index (κ3) is 4.42. The molecule has 6 heteroatoms. The molecule has 0 radical (unpaired) electrons. The molecule has 1 aromatic rings. The van der Waals surface area contributed by atoms with Gasteiger partial charge >= 0.3 is 0 Å². The van der Waals surface area contributed by atoms with Gasteiger partial charge in [0.2, 0.25) is 0 Å². The summed E-state index contributed by atoms with van der Waals surface area (Å²) in [4.78, 5) is 0.724. The van der Waals surface area contributed by atoms with E-state index >= 15 is 0 Å². The molecule has 0 spiro atoms. The summed E-state index contributed by atoms with van der Waals surface area (Å²) in [6.07, 6.45) is 6.22. The zero-order valence-electron chi connectivity index (χ0n) is 10.4. The van der Waals surface area contributed by atoms with Gasteiger partial charge in [-0.15, -0.1) is 12.6 Å². The lowest BCUT2D eigenvalue weighted by molar-refractivity contribution is 0.415. The smallest absolute Gasteiger partial charge is 0.171 e. The third-order valence-electron chi connectivity index (χ3n) is 3.23. The quantitative estimate of drug-likeness (QED) is 0.529. The Morgan fingerprint density at radius 3 is 2.47 bits per heavy atom. The number of anilines is 1. The summed E-state index contributed by atoms with van der Waals surface area (Å²) >= 11 is 21.6. The summed E-state index contributed by atoms with van der Waals surface area (Å²) in [7, 11) is 0. The largest absolute Gasteiger partial charge is 0.360 e. The van der Waals surface area contributed by atoms with Gasteiger partial charge in [0.25, 0.3) is 0 Å². The number of thiocarbonyl (C=S) groups is 1. The van der Waals surface area contributed by atoms with E-state index in [1.165, 1.54) is 32.1 Å². The molecule has 1 aromatic carbocycles. The normalized spacial score (nSPS) is 16.2. The van der Waals surface area contributed by atoms with Gasteiger partial charge in [-0.25, -0.2) is 0 Å². The van der Waals surface area contributed by atoms with Crippen LogP contribution in [-0.2, 0) is 0 Å². The van der Waals surface area contributed by atoms with Gasteiger partial charge in [-0.2, -0.15) is 0 Å². The number of thiol groups is 1. The number of benzene rings is 1. The fraction of sp³-hybridized carbons (Fsp3) is 0.462. The van der Waals surface area contributed by atoms with Crippen LogP contribution < -0.4 is 10.6 Å². The summed E-state index contributed by atoms with van der Waals surface area (Å²) in [5, 5.41) is 8.05. The fourth-order valence-electron chi connectivity index (χ4n) is 2.23. The first-order valence-electron chi connectivity index (χ1n) is 6.32. The highest BCUT2D eigenvalue weighted by atomic mass is 35.5. The Kier molecular flexibility index (Phi) is 5.63. The van der Waals surface area contributed by atoms with Crippen LogP contribution in [0.15, 0.2) is 17.0 Å².